The summed E-state index contributed by atoms with van der Waals surface area (Å²) in [6.45, 7) is 0.496. The van der Waals surface area contributed by atoms with Gasteiger partial charge in [-0.05, 0) is 53.6 Å². The predicted octanol–water partition coefficient (Wildman–Crippen LogP) is 4.77. The van der Waals surface area contributed by atoms with Crippen LogP contribution in [0.4, 0.5) is 11.4 Å². The van der Waals surface area contributed by atoms with E-state index in [0.29, 0.717) is 12.2 Å². The molecule has 0 aliphatic rings. The predicted molar refractivity (Wildman–Crippen MR) is 115 cm³/mol. The number of ether oxygens (including phenoxy) is 2. The van der Waals surface area contributed by atoms with Crippen LogP contribution in [-0.2, 0) is 6.54 Å². The van der Waals surface area contributed by atoms with Crippen molar-refractivity contribution in [3.8, 4) is 17.2 Å². The fourth-order valence-electron chi connectivity index (χ4n) is 2.77. The van der Waals surface area contributed by atoms with E-state index in [2.05, 4.69) is 5.32 Å². The number of nitrogens with one attached hydrogen (secondary N) is 1. The molecule has 3 aromatic rings. The molecule has 144 valence electrons. The van der Waals surface area contributed by atoms with E-state index in [-0.39, 0.29) is 5.75 Å². The lowest BCUT2D eigenvalue weighted by Gasteiger charge is -2.09. The lowest BCUT2D eigenvalue weighted by atomic mass is 10.1. The van der Waals surface area contributed by atoms with Gasteiger partial charge in [-0.1, -0.05) is 24.3 Å². The Bertz CT molecular complexity index is 944. The molecular formula is C23H24N2O3. The first-order valence-corrected chi connectivity index (χ1v) is 8.90. The van der Waals surface area contributed by atoms with E-state index in [4.69, 9.17) is 15.2 Å². The second-order valence-corrected chi connectivity index (χ2v) is 6.34. The highest BCUT2D eigenvalue weighted by molar-refractivity contribution is 5.71. The van der Waals surface area contributed by atoms with Gasteiger partial charge in [0.15, 0.2) is 0 Å². The number of hydrogen-bond acceptors (Lipinski definition) is 5. The maximum atomic E-state index is 9.89. The van der Waals surface area contributed by atoms with Crippen LogP contribution in [0.2, 0.25) is 0 Å². The number of nitrogens with two attached hydrogens (primary N) is 1. The van der Waals surface area contributed by atoms with E-state index < -0.39 is 0 Å². The van der Waals surface area contributed by atoms with Crippen molar-refractivity contribution in [2.24, 2.45) is 0 Å². The van der Waals surface area contributed by atoms with Gasteiger partial charge >= 0.3 is 0 Å². The first-order chi connectivity index (χ1) is 13.6. The van der Waals surface area contributed by atoms with E-state index in [0.717, 1.165) is 33.9 Å². The number of benzene rings is 3. The molecule has 0 aromatic heterocycles. The Kier molecular flexibility index (Phi) is 6.07. The van der Waals surface area contributed by atoms with Gasteiger partial charge in [-0.15, -0.1) is 0 Å². The van der Waals surface area contributed by atoms with Gasteiger partial charge in [0.25, 0.3) is 0 Å². The zero-order valence-electron chi connectivity index (χ0n) is 16.0. The second kappa shape index (κ2) is 8.86. The molecule has 0 bridgehead atoms. The van der Waals surface area contributed by atoms with Crippen LogP contribution in [0.5, 0.6) is 17.2 Å². The van der Waals surface area contributed by atoms with Crippen molar-refractivity contribution in [1.29, 1.82) is 0 Å². The average molecular weight is 376 g/mol. The van der Waals surface area contributed by atoms with Crippen molar-refractivity contribution in [1.82, 2.24) is 0 Å². The third kappa shape index (κ3) is 4.98. The summed E-state index contributed by atoms with van der Waals surface area (Å²) in [5.74, 6) is 1.74. The average Bonchev–Trinajstić information content (AvgIpc) is 2.73. The molecule has 5 heteroatoms. The standard InChI is InChI=1S/C23H24N2O3/c1-27-21-11-17(12-22(14-21)28-2)4-3-16-5-8-20(9-6-16)25-15-18-13-19(24)7-10-23(18)26/h3-14,25-26H,15,24H2,1-2H3/b4-3+. The molecule has 0 unspecified atom stereocenters. The van der Waals surface area contributed by atoms with Gasteiger partial charge in [-0.25, -0.2) is 0 Å². The zero-order chi connectivity index (χ0) is 19.9. The number of anilines is 2. The second-order valence-electron chi connectivity index (χ2n) is 6.34. The minimum absolute atomic E-state index is 0.231. The Hall–Kier alpha value is -3.60. The van der Waals surface area contributed by atoms with Crippen LogP contribution in [0, 0.1) is 0 Å². The van der Waals surface area contributed by atoms with Crippen molar-refractivity contribution in [2.75, 3.05) is 25.3 Å². The van der Waals surface area contributed by atoms with Crippen molar-refractivity contribution < 1.29 is 14.6 Å². The Labute approximate surface area is 165 Å². The number of methoxy groups -OCH3 is 2. The Morgan fingerprint density at radius 1 is 0.857 bits per heavy atom. The van der Waals surface area contributed by atoms with Crippen LogP contribution in [0.3, 0.4) is 0 Å². The van der Waals surface area contributed by atoms with Crippen molar-refractivity contribution >= 4 is 23.5 Å². The summed E-state index contributed by atoms with van der Waals surface area (Å²) in [7, 11) is 3.27. The number of phenolic OH excluding ortho intramolecular Hbond substituents is 1. The topological polar surface area (TPSA) is 76.7 Å². The molecule has 0 saturated heterocycles. The van der Waals surface area contributed by atoms with E-state index in [1.165, 1.54) is 0 Å². The van der Waals surface area contributed by atoms with Gasteiger partial charge in [0.1, 0.15) is 17.2 Å². The smallest absolute Gasteiger partial charge is 0.123 e. The molecule has 3 rings (SSSR count). The van der Waals surface area contributed by atoms with Crippen molar-refractivity contribution in [3.63, 3.8) is 0 Å². The minimum atomic E-state index is 0.231. The lowest BCUT2D eigenvalue weighted by molar-refractivity contribution is 0.394. The Morgan fingerprint density at radius 2 is 1.50 bits per heavy atom. The molecule has 5 nitrogen and oxygen atoms in total. The summed E-state index contributed by atoms with van der Waals surface area (Å²) in [5, 5.41) is 13.2. The fraction of sp³-hybridized carbons (Fsp3) is 0.130. The Balaban J connectivity index is 1.66. The number of hydrogen-bond donors (Lipinski definition) is 3. The SMILES string of the molecule is COc1cc(/C=C/c2ccc(NCc3cc(N)ccc3O)cc2)cc(OC)c1. The summed E-state index contributed by atoms with van der Waals surface area (Å²) < 4.78 is 10.6. The Morgan fingerprint density at radius 3 is 2.14 bits per heavy atom. The van der Waals surface area contributed by atoms with Gasteiger partial charge in [0.05, 0.1) is 14.2 Å². The van der Waals surface area contributed by atoms with Crippen LogP contribution < -0.4 is 20.5 Å². The van der Waals surface area contributed by atoms with Gasteiger partial charge in [0.2, 0.25) is 0 Å². The van der Waals surface area contributed by atoms with Gasteiger partial charge in [-0.3, -0.25) is 0 Å². The van der Waals surface area contributed by atoms with Crippen molar-refractivity contribution in [2.45, 2.75) is 6.54 Å². The highest BCUT2D eigenvalue weighted by Gasteiger charge is 2.02. The molecule has 0 radical (unpaired) electrons. The molecule has 3 aromatic carbocycles. The van der Waals surface area contributed by atoms with Crippen LogP contribution in [0.15, 0.2) is 60.7 Å². The first kappa shape index (κ1) is 19.2. The molecule has 0 fully saturated rings. The minimum Gasteiger partial charge on any atom is -0.508 e. The molecule has 0 amide bonds. The molecule has 0 spiro atoms. The largest absolute Gasteiger partial charge is 0.508 e. The number of phenols is 1. The number of rotatable bonds is 7. The molecule has 0 saturated carbocycles. The van der Waals surface area contributed by atoms with Crippen molar-refractivity contribution in [3.05, 3.63) is 77.4 Å². The molecule has 4 N–H and O–H groups in total. The number of nitrogen functional groups attached to an aromatic ring is 1. The molecule has 0 heterocycles. The fourth-order valence-corrected chi connectivity index (χ4v) is 2.77. The lowest BCUT2D eigenvalue weighted by Crippen LogP contribution is -2.00. The summed E-state index contributed by atoms with van der Waals surface area (Å²) in [5.41, 5.74) is 10.2. The third-order valence-electron chi connectivity index (χ3n) is 4.34. The summed E-state index contributed by atoms with van der Waals surface area (Å²) >= 11 is 0. The maximum absolute atomic E-state index is 9.89. The normalized spacial score (nSPS) is 10.8. The summed E-state index contributed by atoms with van der Waals surface area (Å²) in [6.07, 6.45) is 4.04. The zero-order valence-corrected chi connectivity index (χ0v) is 16.0. The highest BCUT2D eigenvalue weighted by Crippen LogP contribution is 2.24. The van der Waals surface area contributed by atoms with E-state index in [1.54, 1.807) is 32.4 Å². The summed E-state index contributed by atoms with van der Waals surface area (Å²) in [4.78, 5) is 0. The van der Waals surface area contributed by atoms with Gasteiger partial charge in [-0.2, -0.15) is 0 Å². The van der Waals surface area contributed by atoms with Crippen LogP contribution >= 0.6 is 0 Å². The molecule has 0 aliphatic carbocycles. The van der Waals surface area contributed by atoms with Gasteiger partial charge in [0, 0.05) is 29.5 Å². The molecule has 0 atom stereocenters. The monoisotopic (exact) mass is 376 g/mol. The number of aromatic hydroxyl groups is 1. The highest BCUT2D eigenvalue weighted by atomic mass is 16.5. The van der Waals surface area contributed by atoms with Crippen LogP contribution in [0.1, 0.15) is 16.7 Å². The summed E-state index contributed by atoms with van der Waals surface area (Å²) in [6, 6.07) is 18.8. The molecule has 28 heavy (non-hydrogen) atoms. The van der Waals surface area contributed by atoms with E-state index >= 15 is 0 Å². The van der Waals surface area contributed by atoms with E-state index in [1.807, 2.05) is 54.6 Å². The molecule has 0 aliphatic heterocycles. The van der Waals surface area contributed by atoms with Crippen LogP contribution in [-0.4, -0.2) is 19.3 Å². The quantitative estimate of drug-likeness (QED) is 0.314. The van der Waals surface area contributed by atoms with E-state index in [9.17, 15) is 5.11 Å². The first-order valence-electron chi connectivity index (χ1n) is 8.90. The molecular weight excluding hydrogens is 352 g/mol. The third-order valence-corrected chi connectivity index (χ3v) is 4.34. The maximum Gasteiger partial charge on any atom is 0.123 e. The van der Waals surface area contributed by atoms with Crippen LogP contribution in [0.25, 0.3) is 12.2 Å². The van der Waals surface area contributed by atoms with Gasteiger partial charge < -0.3 is 25.6 Å².